The molecule has 0 fully saturated rings. The van der Waals surface area contributed by atoms with Crippen molar-refractivity contribution in [2.24, 2.45) is 4.99 Å². The van der Waals surface area contributed by atoms with Crippen molar-refractivity contribution in [2.45, 2.75) is 0 Å². The topological polar surface area (TPSA) is 49.4 Å². The second-order valence-electron chi connectivity index (χ2n) is 6.72. The highest BCUT2D eigenvalue weighted by atomic mass is 35.5. The molecule has 1 aliphatic rings. The first-order valence-electron chi connectivity index (χ1n) is 9.20. The third-order valence-electron chi connectivity index (χ3n) is 4.79. The highest BCUT2D eigenvalue weighted by Gasteiger charge is 2.08. The van der Waals surface area contributed by atoms with E-state index in [1.54, 1.807) is 0 Å². The van der Waals surface area contributed by atoms with Crippen molar-refractivity contribution in [3.05, 3.63) is 83.4 Å². The zero-order valence-corrected chi connectivity index (χ0v) is 15.8. The summed E-state index contributed by atoms with van der Waals surface area (Å²) in [5, 5.41) is 5.14. The molecule has 0 atom stereocenters. The molecule has 1 aliphatic heterocycles. The summed E-state index contributed by atoms with van der Waals surface area (Å²) in [7, 11) is 0. The molecular formula is C23H18ClN3O. The van der Waals surface area contributed by atoms with Gasteiger partial charge in [0.05, 0.1) is 6.54 Å². The predicted octanol–water partition coefficient (Wildman–Crippen LogP) is 5.63. The standard InChI is InChI=1S/C23H18ClN3O/c24-18-6-1-17-13-21(27-22(17)14-18)15-2-7-19(8-3-15)28-20-9-4-16(5-10-20)23-25-11-12-26-23/h1-10,13-14,27H,11-12H2,(H,25,26). The second kappa shape index (κ2) is 7.06. The van der Waals surface area contributed by atoms with E-state index in [4.69, 9.17) is 16.3 Å². The summed E-state index contributed by atoms with van der Waals surface area (Å²) in [5.74, 6) is 2.55. The third kappa shape index (κ3) is 3.35. The molecule has 0 bridgehead atoms. The Kier molecular flexibility index (Phi) is 4.26. The molecule has 0 amide bonds. The van der Waals surface area contributed by atoms with Crippen molar-refractivity contribution < 1.29 is 4.74 Å². The largest absolute Gasteiger partial charge is 0.457 e. The molecule has 5 heteroatoms. The molecule has 0 saturated carbocycles. The van der Waals surface area contributed by atoms with Gasteiger partial charge < -0.3 is 15.0 Å². The van der Waals surface area contributed by atoms with Crippen LogP contribution in [0.15, 0.2) is 77.8 Å². The number of H-pyrrole nitrogens is 1. The van der Waals surface area contributed by atoms with E-state index in [0.717, 1.165) is 63.2 Å². The first kappa shape index (κ1) is 16.9. The molecule has 3 aromatic carbocycles. The summed E-state index contributed by atoms with van der Waals surface area (Å²) in [5.41, 5.74) is 4.27. The van der Waals surface area contributed by atoms with Crippen molar-refractivity contribution in [1.29, 1.82) is 0 Å². The lowest BCUT2D eigenvalue weighted by Gasteiger charge is -2.08. The minimum atomic E-state index is 0.728. The smallest absolute Gasteiger partial charge is 0.128 e. The van der Waals surface area contributed by atoms with Crippen LogP contribution < -0.4 is 10.1 Å². The molecule has 28 heavy (non-hydrogen) atoms. The van der Waals surface area contributed by atoms with E-state index in [-0.39, 0.29) is 0 Å². The number of aromatic amines is 1. The normalized spacial score (nSPS) is 13.4. The molecule has 4 nitrogen and oxygen atoms in total. The highest BCUT2D eigenvalue weighted by Crippen LogP contribution is 2.29. The lowest BCUT2D eigenvalue weighted by atomic mass is 10.1. The van der Waals surface area contributed by atoms with E-state index in [2.05, 4.69) is 21.4 Å². The number of benzene rings is 3. The maximum atomic E-state index is 6.07. The summed E-state index contributed by atoms with van der Waals surface area (Å²) < 4.78 is 5.97. The number of amidine groups is 1. The van der Waals surface area contributed by atoms with E-state index in [1.165, 1.54) is 0 Å². The number of nitrogens with zero attached hydrogens (tertiary/aromatic N) is 1. The molecule has 0 saturated heterocycles. The maximum Gasteiger partial charge on any atom is 0.128 e. The molecule has 4 aromatic rings. The van der Waals surface area contributed by atoms with E-state index < -0.39 is 0 Å². The van der Waals surface area contributed by atoms with Gasteiger partial charge in [-0.3, -0.25) is 4.99 Å². The number of fused-ring (bicyclic) bond motifs is 1. The zero-order chi connectivity index (χ0) is 18.9. The van der Waals surface area contributed by atoms with Gasteiger partial charge in [0.25, 0.3) is 0 Å². The molecule has 2 N–H and O–H groups in total. The Bertz CT molecular complexity index is 1160. The van der Waals surface area contributed by atoms with Crippen LogP contribution >= 0.6 is 11.6 Å². The SMILES string of the molecule is Clc1ccc2cc(-c3ccc(Oc4ccc(C5=NCCN5)cc4)cc3)[nH]c2c1. The Morgan fingerprint density at radius 1 is 0.821 bits per heavy atom. The number of rotatable bonds is 4. The third-order valence-corrected chi connectivity index (χ3v) is 5.02. The monoisotopic (exact) mass is 387 g/mol. The van der Waals surface area contributed by atoms with Crippen LogP contribution in [0.5, 0.6) is 11.5 Å². The van der Waals surface area contributed by atoms with Gasteiger partial charge in [-0.2, -0.15) is 0 Å². The Hall–Kier alpha value is -3.24. The lowest BCUT2D eigenvalue weighted by molar-refractivity contribution is 0.483. The zero-order valence-electron chi connectivity index (χ0n) is 15.1. The van der Waals surface area contributed by atoms with Gasteiger partial charge in [0.1, 0.15) is 17.3 Å². The van der Waals surface area contributed by atoms with Crippen LogP contribution in [0.4, 0.5) is 0 Å². The van der Waals surface area contributed by atoms with Gasteiger partial charge in [-0.1, -0.05) is 17.7 Å². The Labute approximate surface area is 167 Å². The second-order valence-corrected chi connectivity index (χ2v) is 7.16. The average molecular weight is 388 g/mol. The number of aliphatic imine (C=N–C) groups is 1. The predicted molar refractivity (Wildman–Crippen MR) is 115 cm³/mol. The Morgan fingerprint density at radius 3 is 2.21 bits per heavy atom. The van der Waals surface area contributed by atoms with Crippen LogP contribution in [-0.2, 0) is 0 Å². The van der Waals surface area contributed by atoms with Gasteiger partial charge >= 0.3 is 0 Å². The van der Waals surface area contributed by atoms with Gasteiger partial charge in [0.15, 0.2) is 0 Å². The Morgan fingerprint density at radius 2 is 1.54 bits per heavy atom. The van der Waals surface area contributed by atoms with Crippen LogP contribution in [0.25, 0.3) is 22.2 Å². The van der Waals surface area contributed by atoms with Gasteiger partial charge in [-0.25, -0.2) is 0 Å². The quantitative estimate of drug-likeness (QED) is 0.476. The first-order chi connectivity index (χ1) is 13.7. The van der Waals surface area contributed by atoms with Crippen LogP contribution in [0.3, 0.4) is 0 Å². The fraction of sp³-hybridized carbons (Fsp3) is 0.0870. The van der Waals surface area contributed by atoms with Crippen molar-refractivity contribution in [3.63, 3.8) is 0 Å². The van der Waals surface area contributed by atoms with Crippen LogP contribution in [-0.4, -0.2) is 23.9 Å². The summed E-state index contributed by atoms with van der Waals surface area (Å²) in [6.45, 7) is 1.74. The minimum Gasteiger partial charge on any atom is -0.457 e. The fourth-order valence-corrected chi connectivity index (χ4v) is 3.54. The molecule has 2 heterocycles. The van der Waals surface area contributed by atoms with Crippen LogP contribution in [0.2, 0.25) is 5.02 Å². The van der Waals surface area contributed by atoms with Crippen molar-refractivity contribution >= 4 is 28.3 Å². The molecule has 1 aromatic heterocycles. The van der Waals surface area contributed by atoms with Crippen molar-refractivity contribution in [3.8, 4) is 22.8 Å². The molecule has 0 radical (unpaired) electrons. The van der Waals surface area contributed by atoms with Crippen molar-refractivity contribution in [1.82, 2.24) is 10.3 Å². The summed E-state index contributed by atoms with van der Waals surface area (Å²) >= 11 is 6.07. The number of ether oxygens (including phenoxy) is 1. The average Bonchev–Trinajstić information content (AvgIpc) is 3.39. The number of hydrogen-bond acceptors (Lipinski definition) is 3. The van der Waals surface area contributed by atoms with Crippen LogP contribution in [0.1, 0.15) is 5.56 Å². The number of nitrogens with one attached hydrogen (secondary N) is 2. The summed E-state index contributed by atoms with van der Waals surface area (Å²) in [6, 6.07) is 24.0. The van der Waals surface area contributed by atoms with Gasteiger partial charge in [-0.05, 0) is 72.3 Å². The van der Waals surface area contributed by atoms with Gasteiger partial charge in [0, 0.05) is 33.7 Å². The fourth-order valence-electron chi connectivity index (χ4n) is 3.37. The number of hydrogen-bond donors (Lipinski definition) is 2. The first-order valence-corrected chi connectivity index (χ1v) is 9.58. The summed E-state index contributed by atoms with van der Waals surface area (Å²) in [6.07, 6.45) is 0. The Balaban J connectivity index is 1.33. The van der Waals surface area contributed by atoms with Crippen molar-refractivity contribution in [2.75, 3.05) is 13.1 Å². The number of aromatic nitrogens is 1. The molecule has 0 unspecified atom stereocenters. The van der Waals surface area contributed by atoms with Crippen LogP contribution in [0, 0.1) is 0 Å². The minimum absolute atomic E-state index is 0.728. The van der Waals surface area contributed by atoms with E-state index >= 15 is 0 Å². The molecule has 5 rings (SSSR count). The van der Waals surface area contributed by atoms with E-state index in [0.29, 0.717) is 0 Å². The molecule has 0 spiro atoms. The lowest BCUT2D eigenvalue weighted by Crippen LogP contribution is -2.19. The molecule has 0 aliphatic carbocycles. The summed E-state index contributed by atoms with van der Waals surface area (Å²) in [4.78, 5) is 7.85. The number of halogens is 1. The molecule has 138 valence electrons. The van der Waals surface area contributed by atoms with Gasteiger partial charge in [0.2, 0.25) is 0 Å². The highest BCUT2D eigenvalue weighted by molar-refractivity contribution is 6.31. The molecular weight excluding hydrogens is 370 g/mol. The van der Waals surface area contributed by atoms with E-state index in [9.17, 15) is 0 Å². The van der Waals surface area contributed by atoms with E-state index in [1.807, 2.05) is 66.7 Å². The van der Waals surface area contributed by atoms with Gasteiger partial charge in [-0.15, -0.1) is 0 Å². The maximum absolute atomic E-state index is 6.07.